The zero-order valence-corrected chi connectivity index (χ0v) is 16.0. The number of amides is 1. The number of nitro groups is 1. The number of thioether (sulfide) groups is 1. The number of nitrogens with zero attached hydrogens (tertiary/aromatic N) is 3. The van der Waals surface area contributed by atoms with E-state index in [0.717, 1.165) is 15.2 Å². The number of non-ortho nitro benzene ring substituents is 1. The molecule has 10 heteroatoms. The number of hydrogen-bond acceptors (Lipinski definition) is 8. The Morgan fingerprint density at radius 1 is 1.18 bits per heavy atom. The molecule has 0 saturated carbocycles. The number of thiophene rings is 1. The molecule has 0 unspecified atom stereocenters. The van der Waals surface area contributed by atoms with Crippen molar-refractivity contribution in [3.63, 3.8) is 0 Å². The fourth-order valence-corrected chi connectivity index (χ4v) is 3.89. The summed E-state index contributed by atoms with van der Waals surface area (Å²) in [7, 11) is 0. The minimum Gasteiger partial charge on any atom is -0.403 e. The van der Waals surface area contributed by atoms with Crippen molar-refractivity contribution in [2.24, 2.45) is 0 Å². The maximum Gasteiger partial charge on any atom is 0.322 e. The van der Waals surface area contributed by atoms with E-state index in [2.05, 4.69) is 15.5 Å². The minimum absolute atomic E-state index is 0.0163. The minimum atomic E-state index is -0.470. The number of aromatic nitrogens is 2. The zero-order valence-electron chi connectivity index (χ0n) is 14.4. The highest BCUT2D eigenvalue weighted by molar-refractivity contribution is 7.98. The van der Waals surface area contributed by atoms with Gasteiger partial charge in [-0.1, -0.05) is 5.10 Å². The lowest BCUT2D eigenvalue weighted by Gasteiger charge is -1.98. The average molecular weight is 412 g/mol. The monoisotopic (exact) mass is 412 g/mol. The van der Waals surface area contributed by atoms with Gasteiger partial charge < -0.3 is 4.42 Å². The third-order valence-corrected chi connectivity index (χ3v) is 5.78. The molecule has 2 aromatic heterocycles. The Hall–Kier alpha value is -3.24. The summed E-state index contributed by atoms with van der Waals surface area (Å²) in [5, 5.41) is 21.9. The van der Waals surface area contributed by atoms with Crippen molar-refractivity contribution in [3.05, 3.63) is 63.5 Å². The van der Waals surface area contributed by atoms with Gasteiger partial charge in [-0.15, -0.1) is 28.2 Å². The third-order valence-electron chi connectivity index (χ3n) is 3.92. The quantitative estimate of drug-likeness (QED) is 0.284. The van der Waals surface area contributed by atoms with Crippen LogP contribution in [0.3, 0.4) is 0 Å². The first-order chi connectivity index (χ1) is 13.5. The van der Waals surface area contributed by atoms with Crippen LogP contribution in [0.2, 0.25) is 0 Å². The summed E-state index contributed by atoms with van der Waals surface area (Å²) in [4.78, 5) is 24.4. The SMILES string of the molecule is CSc1ccc(-c2nnc(NC(=O)c3cc4cc([N+](=O)[O-])ccc4s3)o2)cc1. The van der Waals surface area contributed by atoms with Gasteiger partial charge in [0.1, 0.15) is 0 Å². The van der Waals surface area contributed by atoms with E-state index in [1.807, 2.05) is 30.5 Å². The van der Waals surface area contributed by atoms with Gasteiger partial charge in [0, 0.05) is 32.7 Å². The fraction of sp³-hybridized carbons (Fsp3) is 0.0556. The van der Waals surface area contributed by atoms with Crippen LogP contribution in [-0.2, 0) is 0 Å². The summed E-state index contributed by atoms with van der Waals surface area (Å²) in [5.74, 6) is -0.119. The predicted octanol–water partition coefficient (Wildman–Crippen LogP) is 4.83. The molecule has 0 spiro atoms. The van der Waals surface area contributed by atoms with Crippen LogP contribution in [0.1, 0.15) is 9.67 Å². The van der Waals surface area contributed by atoms with Crippen molar-refractivity contribution >= 4 is 50.8 Å². The molecule has 0 radical (unpaired) electrons. The maximum atomic E-state index is 12.5. The van der Waals surface area contributed by atoms with E-state index in [0.29, 0.717) is 16.2 Å². The smallest absolute Gasteiger partial charge is 0.322 e. The number of rotatable bonds is 5. The van der Waals surface area contributed by atoms with Crippen LogP contribution in [0.25, 0.3) is 21.5 Å². The highest BCUT2D eigenvalue weighted by Gasteiger charge is 2.16. The van der Waals surface area contributed by atoms with Gasteiger partial charge in [0.05, 0.1) is 9.80 Å². The van der Waals surface area contributed by atoms with Crippen molar-refractivity contribution in [3.8, 4) is 11.5 Å². The Balaban J connectivity index is 1.52. The molecule has 4 aromatic rings. The fourth-order valence-electron chi connectivity index (χ4n) is 2.54. The van der Waals surface area contributed by atoms with Gasteiger partial charge in [-0.3, -0.25) is 20.2 Å². The first-order valence-electron chi connectivity index (χ1n) is 8.01. The highest BCUT2D eigenvalue weighted by atomic mass is 32.2. The molecule has 1 N–H and O–H groups in total. The number of anilines is 1. The molecule has 0 aliphatic rings. The highest BCUT2D eigenvalue weighted by Crippen LogP contribution is 2.30. The molecule has 28 heavy (non-hydrogen) atoms. The van der Waals surface area contributed by atoms with Crippen molar-refractivity contribution in [2.45, 2.75) is 4.90 Å². The molecule has 140 valence electrons. The number of hydrogen-bond donors (Lipinski definition) is 1. The summed E-state index contributed by atoms with van der Waals surface area (Å²) in [6.45, 7) is 0. The van der Waals surface area contributed by atoms with Gasteiger partial charge in [0.15, 0.2) is 0 Å². The summed E-state index contributed by atoms with van der Waals surface area (Å²) < 4.78 is 6.29. The van der Waals surface area contributed by atoms with Gasteiger partial charge in [0.2, 0.25) is 5.89 Å². The normalized spacial score (nSPS) is 10.9. The van der Waals surface area contributed by atoms with Crippen molar-refractivity contribution in [2.75, 3.05) is 11.6 Å². The number of nitro benzene ring substituents is 1. The van der Waals surface area contributed by atoms with Crippen LogP contribution in [0, 0.1) is 10.1 Å². The second kappa shape index (κ2) is 7.41. The van der Waals surface area contributed by atoms with E-state index in [-0.39, 0.29) is 11.7 Å². The third kappa shape index (κ3) is 3.59. The van der Waals surface area contributed by atoms with Crippen molar-refractivity contribution in [1.82, 2.24) is 10.2 Å². The lowest BCUT2D eigenvalue weighted by Crippen LogP contribution is -2.10. The molecule has 4 rings (SSSR count). The lowest BCUT2D eigenvalue weighted by molar-refractivity contribution is -0.384. The largest absolute Gasteiger partial charge is 0.403 e. The molecule has 0 saturated heterocycles. The molecule has 1 amide bonds. The van der Waals surface area contributed by atoms with Crippen LogP contribution in [-0.4, -0.2) is 27.3 Å². The summed E-state index contributed by atoms with van der Waals surface area (Å²) >= 11 is 2.85. The Morgan fingerprint density at radius 3 is 2.68 bits per heavy atom. The van der Waals surface area contributed by atoms with E-state index < -0.39 is 10.8 Å². The summed E-state index contributed by atoms with van der Waals surface area (Å²) in [6.07, 6.45) is 1.99. The van der Waals surface area contributed by atoms with Crippen LogP contribution >= 0.6 is 23.1 Å². The van der Waals surface area contributed by atoms with Crippen LogP contribution < -0.4 is 5.32 Å². The van der Waals surface area contributed by atoms with E-state index in [1.165, 1.54) is 23.5 Å². The predicted molar refractivity (Wildman–Crippen MR) is 108 cm³/mol. The van der Waals surface area contributed by atoms with Crippen LogP contribution in [0.5, 0.6) is 0 Å². The molecule has 0 fully saturated rings. The van der Waals surface area contributed by atoms with E-state index >= 15 is 0 Å². The zero-order chi connectivity index (χ0) is 19.7. The summed E-state index contributed by atoms with van der Waals surface area (Å²) in [6, 6.07) is 13.7. The Bertz CT molecular complexity index is 1180. The standard InChI is InChI=1S/C18H12N4O4S2/c1-27-13-5-2-10(3-6-13)17-20-21-18(26-17)19-16(23)15-9-11-8-12(22(24)25)4-7-14(11)28-15/h2-9H,1H3,(H,19,21,23). The molecular weight excluding hydrogens is 400 g/mol. The average Bonchev–Trinajstić information content (AvgIpc) is 3.34. The molecule has 2 aromatic carbocycles. The number of fused-ring (bicyclic) bond motifs is 1. The molecule has 0 atom stereocenters. The van der Waals surface area contributed by atoms with Gasteiger partial charge in [0.25, 0.3) is 11.6 Å². The van der Waals surface area contributed by atoms with Crippen LogP contribution in [0.15, 0.2) is 57.8 Å². The van der Waals surface area contributed by atoms with Crippen LogP contribution in [0.4, 0.5) is 11.7 Å². The molecular formula is C18H12N4O4S2. The molecule has 0 bridgehead atoms. The molecule has 0 aliphatic carbocycles. The Labute approximate surface area is 166 Å². The maximum absolute atomic E-state index is 12.5. The molecule has 2 heterocycles. The summed E-state index contributed by atoms with van der Waals surface area (Å²) in [5.41, 5.74) is 0.728. The van der Waals surface area contributed by atoms with Crippen molar-refractivity contribution in [1.29, 1.82) is 0 Å². The lowest BCUT2D eigenvalue weighted by atomic mass is 10.2. The Kier molecular flexibility index (Phi) is 4.80. The number of carbonyl (C=O) groups excluding carboxylic acids is 1. The van der Waals surface area contributed by atoms with E-state index in [9.17, 15) is 14.9 Å². The molecule has 0 aliphatic heterocycles. The first kappa shape index (κ1) is 18.1. The van der Waals surface area contributed by atoms with Gasteiger partial charge >= 0.3 is 6.01 Å². The molecule has 8 nitrogen and oxygen atoms in total. The second-order valence-corrected chi connectivity index (χ2v) is 7.65. The van der Waals surface area contributed by atoms with Crippen molar-refractivity contribution < 1.29 is 14.1 Å². The van der Waals surface area contributed by atoms with Gasteiger partial charge in [-0.05, 0) is 42.7 Å². The Morgan fingerprint density at radius 2 is 1.96 bits per heavy atom. The number of benzene rings is 2. The van der Waals surface area contributed by atoms with E-state index in [4.69, 9.17) is 4.42 Å². The number of nitrogens with one attached hydrogen (secondary N) is 1. The second-order valence-electron chi connectivity index (χ2n) is 5.68. The van der Waals surface area contributed by atoms with E-state index in [1.54, 1.807) is 23.9 Å². The number of carbonyl (C=O) groups is 1. The van der Waals surface area contributed by atoms with Gasteiger partial charge in [-0.25, -0.2) is 0 Å². The topological polar surface area (TPSA) is 111 Å². The first-order valence-corrected chi connectivity index (χ1v) is 10.0. The van der Waals surface area contributed by atoms with Gasteiger partial charge in [-0.2, -0.15) is 0 Å².